The molecule has 0 heterocycles. The van der Waals surface area contributed by atoms with Crippen molar-refractivity contribution in [3.05, 3.63) is 65.5 Å². The zero-order chi connectivity index (χ0) is 17.1. The van der Waals surface area contributed by atoms with E-state index in [2.05, 4.69) is 4.74 Å². The second-order valence-corrected chi connectivity index (χ2v) is 5.67. The van der Waals surface area contributed by atoms with Crippen LogP contribution in [0.5, 0.6) is 5.75 Å². The lowest BCUT2D eigenvalue weighted by atomic mass is 10.1. The first-order chi connectivity index (χ1) is 11.5. The van der Waals surface area contributed by atoms with Crippen LogP contribution in [-0.2, 0) is 6.54 Å². The summed E-state index contributed by atoms with van der Waals surface area (Å²) in [5.74, 6) is -0.848. The minimum Gasteiger partial charge on any atom is -0.434 e. The van der Waals surface area contributed by atoms with E-state index >= 15 is 0 Å². The van der Waals surface area contributed by atoms with Crippen molar-refractivity contribution in [2.24, 2.45) is 0 Å². The van der Waals surface area contributed by atoms with Gasteiger partial charge in [0.2, 0.25) is 0 Å². The molecule has 6 heteroatoms. The molecule has 0 saturated heterocycles. The van der Waals surface area contributed by atoms with Gasteiger partial charge >= 0.3 is 6.61 Å². The number of amides is 1. The first kappa shape index (κ1) is 16.4. The topological polar surface area (TPSA) is 29.5 Å². The first-order valence-corrected chi connectivity index (χ1v) is 7.64. The van der Waals surface area contributed by atoms with Crippen LogP contribution in [0.25, 0.3) is 0 Å². The van der Waals surface area contributed by atoms with Crippen LogP contribution in [0.15, 0.2) is 48.5 Å². The van der Waals surface area contributed by atoms with Gasteiger partial charge in [0.1, 0.15) is 11.6 Å². The van der Waals surface area contributed by atoms with Crippen molar-refractivity contribution in [2.75, 3.05) is 0 Å². The standard InChI is InChI=1S/C18H16F3NO2/c19-13-7-5-12(6-8-13)11-22(14-9-10-14)17(23)15-3-1-2-4-16(15)24-18(20)21/h1-8,14,18H,9-11H2. The first-order valence-electron chi connectivity index (χ1n) is 7.64. The number of ether oxygens (including phenoxy) is 1. The number of hydrogen-bond donors (Lipinski definition) is 0. The summed E-state index contributed by atoms with van der Waals surface area (Å²) in [6, 6.07) is 11.9. The molecule has 1 saturated carbocycles. The van der Waals surface area contributed by atoms with Crippen LogP contribution in [0.3, 0.4) is 0 Å². The van der Waals surface area contributed by atoms with Gasteiger partial charge in [0.25, 0.3) is 5.91 Å². The zero-order valence-corrected chi connectivity index (χ0v) is 12.8. The molecule has 1 amide bonds. The Labute approximate surface area is 137 Å². The number of rotatable bonds is 6. The Morgan fingerprint density at radius 1 is 1.12 bits per heavy atom. The van der Waals surface area contributed by atoms with Crippen LogP contribution < -0.4 is 4.74 Å². The summed E-state index contributed by atoms with van der Waals surface area (Å²) in [5.41, 5.74) is 0.885. The molecule has 0 unspecified atom stereocenters. The Morgan fingerprint density at radius 3 is 2.42 bits per heavy atom. The molecule has 2 aromatic carbocycles. The average molecular weight is 335 g/mol. The number of nitrogens with zero attached hydrogens (tertiary/aromatic N) is 1. The van der Waals surface area contributed by atoms with Gasteiger partial charge < -0.3 is 9.64 Å². The highest BCUT2D eigenvalue weighted by Gasteiger charge is 2.34. The van der Waals surface area contributed by atoms with Crippen molar-refractivity contribution >= 4 is 5.91 Å². The van der Waals surface area contributed by atoms with Gasteiger partial charge in [0, 0.05) is 12.6 Å². The van der Waals surface area contributed by atoms with Gasteiger partial charge in [-0.3, -0.25) is 4.79 Å². The molecule has 126 valence electrons. The van der Waals surface area contributed by atoms with Crippen LogP contribution in [0.2, 0.25) is 0 Å². The largest absolute Gasteiger partial charge is 0.434 e. The maximum absolute atomic E-state index is 13.0. The monoisotopic (exact) mass is 335 g/mol. The van der Waals surface area contributed by atoms with E-state index in [9.17, 15) is 18.0 Å². The van der Waals surface area contributed by atoms with E-state index < -0.39 is 6.61 Å². The Hall–Kier alpha value is -2.50. The molecule has 0 radical (unpaired) electrons. The summed E-state index contributed by atoms with van der Waals surface area (Å²) in [6.45, 7) is -2.70. The number of carbonyl (C=O) groups excluding carboxylic acids is 1. The molecule has 0 aromatic heterocycles. The van der Waals surface area contributed by atoms with Crippen LogP contribution in [-0.4, -0.2) is 23.5 Å². The Kier molecular flexibility index (Phi) is 4.74. The molecule has 1 aliphatic rings. The third-order valence-corrected chi connectivity index (χ3v) is 3.85. The minimum absolute atomic E-state index is 0.0714. The van der Waals surface area contributed by atoms with Crippen molar-refractivity contribution in [3.63, 3.8) is 0 Å². The molecule has 3 rings (SSSR count). The molecule has 1 fully saturated rings. The Morgan fingerprint density at radius 2 is 1.79 bits per heavy atom. The van der Waals surface area contributed by atoms with Crippen LogP contribution in [0.4, 0.5) is 13.2 Å². The number of para-hydroxylation sites is 1. The van der Waals surface area contributed by atoms with E-state index in [4.69, 9.17) is 0 Å². The van der Waals surface area contributed by atoms with Gasteiger partial charge in [-0.2, -0.15) is 8.78 Å². The molecular weight excluding hydrogens is 319 g/mol. The van der Waals surface area contributed by atoms with E-state index in [1.807, 2.05) is 0 Å². The lowest BCUT2D eigenvalue weighted by molar-refractivity contribution is -0.0503. The van der Waals surface area contributed by atoms with Gasteiger partial charge in [-0.25, -0.2) is 4.39 Å². The van der Waals surface area contributed by atoms with Gasteiger partial charge in [-0.05, 0) is 42.7 Å². The molecule has 0 atom stereocenters. The predicted molar refractivity (Wildman–Crippen MR) is 82.4 cm³/mol. The zero-order valence-electron chi connectivity index (χ0n) is 12.8. The molecule has 0 bridgehead atoms. The maximum Gasteiger partial charge on any atom is 0.387 e. The molecular formula is C18H16F3NO2. The molecule has 1 aliphatic carbocycles. The van der Waals surface area contributed by atoms with Gasteiger partial charge in [0.15, 0.2) is 0 Å². The summed E-state index contributed by atoms with van der Waals surface area (Å²) in [5, 5.41) is 0. The summed E-state index contributed by atoms with van der Waals surface area (Å²) in [4.78, 5) is 14.5. The van der Waals surface area contributed by atoms with E-state index in [-0.39, 0.29) is 29.1 Å². The maximum atomic E-state index is 13.0. The van der Waals surface area contributed by atoms with E-state index in [0.717, 1.165) is 18.4 Å². The summed E-state index contributed by atoms with van der Waals surface area (Å²) < 4.78 is 42.6. The molecule has 0 N–H and O–H groups in total. The van der Waals surface area contributed by atoms with Crippen molar-refractivity contribution in [1.29, 1.82) is 0 Å². The lowest BCUT2D eigenvalue weighted by Crippen LogP contribution is -2.33. The van der Waals surface area contributed by atoms with Crippen molar-refractivity contribution in [2.45, 2.75) is 32.0 Å². The third kappa shape index (κ3) is 3.88. The quantitative estimate of drug-likeness (QED) is 0.790. The highest BCUT2D eigenvalue weighted by atomic mass is 19.3. The van der Waals surface area contributed by atoms with Crippen LogP contribution in [0.1, 0.15) is 28.8 Å². The summed E-state index contributed by atoms with van der Waals surface area (Å²) in [6.07, 6.45) is 1.73. The Balaban J connectivity index is 1.84. The molecule has 0 spiro atoms. The minimum atomic E-state index is -2.99. The molecule has 24 heavy (non-hydrogen) atoms. The summed E-state index contributed by atoms with van der Waals surface area (Å²) in [7, 11) is 0. The smallest absolute Gasteiger partial charge is 0.387 e. The molecule has 3 nitrogen and oxygen atoms in total. The van der Waals surface area contributed by atoms with Crippen LogP contribution >= 0.6 is 0 Å². The van der Waals surface area contributed by atoms with Gasteiger partial charge in [0.05, 0.1) is 5.56 Å². The second-order valence-electron chi connectivity index (χ2n) is 5.67. The third-order valence-electron chi connectivity index (χ3n) is 3.85. The number of benzene rings is 2. The fraction of sp³-hybridized carbons (Fsp3) is 0.278. The fourth-order valence-corrected chi connectivity index (χ4v) is 2.54. The van der Waals surface area contributed by atoms with E-state index in [1.54, 1.807) is 23.1 Å². The fourth-order valence-electron chi connectivity index (χ4n) is 2.54. The molecule has 0 aliphatic heterocycles. The highest BCUT2D eigenvalue weighted by Crippen LogP contribution is 2.32. The Bertz CT molecular complexity index is 714. The van der Waals surface area contributed by atoms with Crippen molar-refractivity contribution in [1.82, 2.24) is 4.90 Å². The van der Waals surface area contributed by atoms with Gasteiger partial charge in [-0.15, -0.1) is 0 Å². The van der Waals surface area contributed by atoms with Crippen molar-refractivity contribution in [3.8, 4) is 5.75 Å². The lowest BCUT2D eigenvalue weighted by Gasteiger charge is -2.23. The van der Waals surface area contributed by atoms with E-state index in [1.165, 1.54) is 30.3 Å². The highest BCUT2D eigenvalue weighted by molar-refractivity contribution is 5.97. The number of halogens is 3. The van der Waals surface area contributed by atoms with Crippen molar-refractivity contribution < 1.29 is 22.7 Å². The average Bonchev–Trinajstić information content (AvgIpc) is 3.38. The number of hydrogen-bond acceptors (Lipinski definition) is 2. The molecule has 2 aromatic rings. The number of alkyl halides is 2. The predicted octanol–water partition coefficient (Wildman–Crippen LogP) is 4.23. The van der Waals surface area contributed by atoms with E-state index in [0.29, 0.717) is 6.54 Å². The second kappa shape index (κ2) is 6.95. The summed E-state index contributed by atoms with van der Waals surface area (Å²) >= 11 is 0. The normalized spacial score (nSPS) is 13.8. The number of carbonyl (C=O) groups is 1. The van der Waals surface area contributed by atoms with Crippen LogP contribution in [0, 0.1) is 5.82 Å². The SMILES string of the molecule is O=C(c1ccccc1OC(F)F)N(Cc1ccc(F)cc1)C1CC1. The van der Waals surface area contributed by atoms with Gasteiger partial charge in [-0.1, -0.05) is 24.3 Å².